The van der Waals surface area contributed by atoms with Gasteiger partial charge in [0.05, 0.1) is 18.4 Å². The van der Waals surface area contributed by atoms with Gasteiger partial charge in [-0.1, -0.05) is 0 Å². The Kier molecular flexibility index (Phi) is 4.79. The highest BCUT2D eigenvalue weighted by atomic mass is 19.1. The van der Waals surface area contributed by atoms with Crippen LogP contribution in [0.2, 0.25) is 0 Å². The number of hydrogen-bond donors (Lipinski definition) is 0. The Morgan fingerprint density at radius 1 is 0.971 bits per heavy atom. The highest BCUT2D eigenvalue weighted by molar-refractivity contribution is 5.65. The van der Waals surface area contributed by atoms with Crippen molar-refractivity contribution < 1.29 is 8.78 Å². The molecule has 5 aromatic heterocycles. The molecule has 34 heavy (non-hydrogen) atoms. The summed E-state index contributed by atoms with van der Waals surface area (Å²) in [7, 11) is 0. The van der Waals surface area contributed by atoms with Gasteiger partial charge < -0.3 is 4.90 Å². The third-order valence-electron chi connectivity index (χ3n) is 6.08. The SMILES string of the molecule is Cc1cncc(-c2cnn(-c3cnn4ccc(N5CCCC5c5nc(F)ccc5F)nc34)c2)c1. The van der Waals surface area contributed by atoms with Gasteiger partial charge in [-0.2, -0.15) is 14.6 Å². The third kappa shape index (κ3) is 3.47. The Morgan fingerprint density at radius 2 is 1.88 bits per heavy atom. The van der Waals surface area contributed by atoms with Crippen LogP contribution in [0.4, 0.5) is 14.6 Å². The lowest BCUT2D eigenvalue weighted by Crippen LogP contribution is -2.25. The van der Waals surface area contributed by atoms with E-state index in [4.69, 9.17) is 4.98 Å². The number of aryl methyl sites for hydroxylation is 1. The number of halogens is 2. The fraction of sp³-hybridized carbons (Fsp3) is 0.208. The van der Waals surface area contributed by atoms with E-state index >= 15 is 0 Å². The van der Waals surface area contributed by atoms with Gasteiger partial charge in [-0.05, 0) is 49.6 Å². The highest BCUT2D eigenvalue weighted by Crippen LogP contribution is 2.36. The molecule has 1 atom stereocenters. The van der Waals surface area contributed by atoms with E-state index in [2.05, 4.69) is 20.2 Å². The van der Waals surface area contributed by atoms with E-state index in [-0.39, 0.29) is 11.7 Å². The highest BCUT2D eigenvalue weighted by Gasteiger charge is 2.31. The van der Waals surface area contributed by atoms with Crippen molar-refractivity contribution in [2.24, 2.45) is 0 Å². The topological polar surface area (TPSA) is 77.0 Å². The van der Waals surface area contributed by atoms with Crippen LogP contribution in [0.5, 0.6) is 0 Å². The van der Waals surface area contributed by atoms with Gasteiger partial charge >= 0.3 is 0 Å². The van der Waals surface area contributed by atoms with Gasteiger partial charge in [0, 0.05) is 42.5 Å². The molecule has 6 heterocycles. The summed E-state index contributed by atoms with van der Waals surface area (Å²) in [5.74, 6) is -0.556. The van der Waals surface area contributed by atoms with Crippen molar-refractivity contribution in [1.82, 2.24) is 34.3 Å². The lowest BCUT2D eigenvalue weighted by Gasteiger charge is -2.25. The number of pyridine rings is 2. The van der Waals surface area contributed by atoms with Crippen molar-refractivity contribution in [3.8, 4) is 16.8 Å². The van der Waals surface area contributed by atoms with E-state index < -0.39 is 11.8 Å². The van der Waals surface area contributed by atoms with E-state index in [1.165, 1.54) is 0 Å². The molecular formula is C24H20F2N8. The first-order valence-electron chi connectivity index (χ1n) is 11.0. The quantitative estimate of drug-likeness (QED) is 0.374. The van der Waals surface area contributed by atoms with Crippen molar-refractivity contribution in [2.45, 2.75) is 25.8 Å². The summed E-state index contributed by atoms with van der Waals surface area (Å²) in [4.78, 5) is 14.9. The molecule has 1 saturated heterocycles. The molecule has 1 fully saturated rings. The van der Waals surface area contributed by atoms with Crippen molar-refractivity contribution in [3.05, 3.63) is 84.5 Å². The van der Waals surface area contributed by atoms with E-state index in [0.717, 1.165) is 35.2 Å². The van der Waals surface area contributed by atoms with Crippen LogP contribution >= 0.6 is 0 Å². The third-order valence-corrected chi connectivity index (χ3v) is 6.08. The smallest absolute Gasteiger partial charge is 0.213 e. The molecule has 8 nitrogen and oxygen atoms in total. The minimum atomic E-state index is -0.692. The molecule has 0 aliphatic carbocycles. The Bertz CT molecular complexity index is 1510. The molecule has 0 amide bonds. The maximum absolute atomic E-state index is 14.5. The number of anilines is 1. The summed E-state index contributed by atoms with van der Waals surface area (Å²) in [5, 5.41) is 8.91. The summed E-state index contributed by atoms with van der Waals surface area (Å²) >= 11 is 0. The minimum Gasteiger partial charge on any atom is -0.348 e. The first-order chi connectivity index (χ1) is 16.6. The molecular weight excluding hydrogens is 438 g/mol. The standard InChI is InChI=1S/C24H20F2N8/c1-15-9-16(11-27-10-15)17-12-28-34(14-17)20-13-29-33-8-6-22(31-24(20)33)32-7-2-3-19(32)23-18(25)4-5-21(26)30-23/h4-6,8-14,19H,2-3,7H2,1H3. The molecule has 0 spiro atoms. The van der Waals surface area contributed by atoms with Crippen molar-refractivity contribution >= 4 is 11.5 Å². The lowest BCUT2D eigenvalue weighted by atomic mass is 10.1. The van der Waals surface area contributed by atoms with Gasteiger partial charge in [-0.3, -0.25) is 4.98 Å². The molecule has 170 valence electrons. The lowest BCUT2D eigenvalue weighted by molar-refractivity contribution is 0.518. The van der Waals surface area contributed by atoms with Crippen LogP contribution in [0.1, 0.15) is 30.1 Å². The molecule has 0 saturated carbocycles. The Balaban J connectivity index is 1.38. The second kappa shape index (κ2) is 7.98. The number of aromatic nitrogens is 7. The van der Waals surface area contributed by atoms with Gasteiger partial charge in [0.15, 0.2) is 5.65 Å². The molecule has 6 rings (SSSR count). The second-order valence-electron chi connectivity index (χ2n) is 8.36. The molecule has 0 aromatic carbocycles. The maximum Gasteiger partial charge on any atom is 0.213 e. The summed E-state index contributed by atoms with van der Waals surface area (Å²) in [6.45, 7) is 2.66. The van der Waals surface area contributed by atoms with E-state index in [1.54, 1.807) is 34.0 Å². The zero-order valence-electron chi connectivity index (χ0n) is 18.3. The van der Waals surface area contributed by atoms with E-state index in [9.17, 15) is 8.78 Å². The van der Waals surface area contributed by atoms with Crippen LogP contribution in [0.15, 0.2) is 61.4 Å². The first kappa shape index (κ1) is 20.4. The van der Waals surface area contributed by atoms with Crippen LogP contribution in [-0.4, -0.2) is 40.9 Å². The summed E-state index contributed by atoms with van der Waals surface area (Å²) in [5.41, 5.74) is 4.39. The predicted octanol–water partition coefficient (Wildman–Crippen LogP) is 4.30. The summed E-state index contributed by atoms with van der Waals surface area (Å²) in [6.07, 6.45) is 12.3. The molecule has 0 bridgehead atoms. The van der Waals surface area contributed by atoms with Crippen molar-refractivity contribution in [3.63, 3.8) is 0 Å². The minimum absolute atomic E-state index is 0.108. The van der Waals surface area contributed by atoms with E-state index in [0.29, 0.717) is 30.1 Å². The van der Waals surface area contributed by atoms with Crippen LogP contribution in [0.25, 0.3) is 22.5 Å². The number of hydrogen-bond acceptors (Lipinski definition) is 6. The van der Waals surface area contributed by atoms with Crippen molar-refractivity contribution in [2.75, 3.05) is 11.4 Å². The average molecular weight is 458 g/mol. The normalized spacial score (nSPS) is 16.0. The van der Waals surface area contributed by atoms with Gasteiger partial charge in [-0.15, -0.1) is 0 Å². The number of fused-ring (bicyclic) bond motifs is 1. The molecule has 1 aliphatic heterocycles. The Morgan fingerprint density at radius 3 is 2.76 bits per heavy atom. The van der Waals surface area contributed by atoms with Crippen LogP contribution < -0.4 is 4.90 Å². The molecule has 0 radical (unpaired) electrons. The first-order valence-corrected chi connectivity index (χ1v) is 11.0. The van der Waals surface area contributed by atoms with E-state index in [1.807, 2.05) is 36.4 Å². The predicted molar refractivity (Wildman–Crippen MR) is 122 cm³/mol. The Labute approximate surface area is 193 Å². The molecule has 0 N–H and O–H groups in total. The average Bonchev–Trinajstić information content (AvgIpc) is 3.59. The van der Waals surface area contributed by atoms with Gasteiger partial charge in [-0.25, -0.2) is 23.6 Å². The molecule has 10 heteroatoms. The number of rotatable bonds is 4. The molecule has 5 aromatic rings. The zero-order chi connectivity index (χ0) is 23.2. The van der Waals surface area contributed by atoms with Crippen LogP contribution in [0.3, 0.4) is 0 Å². The maximum atomic E-state index is 14.5. The second-order valence-corrected chi connectivity index (χ2v) is 8.36. The zero-order valence-corrected chi connectivity index (χ0v) is 18.3. The molecule has 1 unspecified atom stereocenters. The molecule has 1 aliphatic rings. The van der Waals surface area contributed by atoms with Crippen LogP contribution in [-0.2, 0) is 0 Å². The van der Waals surface area contributed by atoms with Crippen LogP contribution in [0, 0.1) is 18.7 Å². The monoisotopic (exact) mass is 458 g/mol. The largest absolute Gasteiger partial charge is 0.348 e. The fourth-order valence-corrected chi connectivity index (χ4v) is 4.48. The summed E-state index contributed by atoms with van der Waals surface area (Å²) in [6, 6.07) is 5.65. The fourth-order valence-electron chi connectivity index (χ4n) is 4.48. The van der Waals surface area contributed by atoms with Crippen molar-refractivity contribution in [1.29, 1.82) is 0 Å². The Hall–Kier alpha value is -4.21. The van der Waals surface area contributed by atoms with Gasteiger partial charge in [0.1, 0.15) is 23.0 Å². The number of nitrogens with zero attached hydrogens (tertiary/aromatic N) is 8. The summed E-state index contributed by atoms with van der Waals surface area (Å²) < 4.78 is 31.6. The van der Waals surface area contributed by atoms with Gasteiger partial charge in [0.2, 0.25) is 5.95 Å². The van der Waals surface area contributed by atoms with Gasteiger partial charge in [0.25, 0.3) is 0 Å².